The van der Waals surface area contributed by atoms with E-state index in [1.54, 1.807) is 7.11 Å². The number of carbonyl (C=O) groups is 1. The first-order valence-electron chi connectivity index (χ1n) is 7.03. The van der Waals surface area contributed by atoms with Crippen molar-refractivity contribution in [1.29, 1.82) is 0 Å². The van der Waals surface area contributed by atoms with E-state index < -0.39 is 0 Å². The zero-order valence-electron chi connectivity index (χ0n) is 12.5. The van der Waals surface area contributed by atoms with Crippen molar-refractivity contribution >= 4 is 5.91 Å². The molecule has 1 amide bonds. The molecule has 20 heavy (non-hydrogen) atoms. The van der Waals surface area contributed by atoms with Gasteiger partial charge in [0.25, 0.3) is 5.91 Å². The van der Waals surface area contributed by atoms with E-state index in [4.69, 9.17) is 4.74 Å². The highest BCUT2D eigenvalue weighted by atomic mass is 16.5. The molecule has 2 N–H and O–H groups in total. The molecule has 1 aliphatic heterocycles. The van der Waals surface area contributed by atoms with E-state index in [9.17, 15) is 4.79 Å². The van der Waals surface area contributed by atoms with Gasteiger partial charge in [-0.2, -0.15) is 0 Å². The Labute approximate surface area is 120 Å². The summed E-state index contributed by atoms with van der Waals surface area (Å²) in [6, 6.07) is 3.69. The van der Waals surface area contributed by atoms with Crippen LogP contribution in [0.4, 0.5) is 0 Å². The largest absolute Gasteiger partial charge is 0.383 e. The van der Waals surface area contributed by atoms with Crippen molar-refractivity contribution in [3.63, 3.8) is 0 Å². The molecule has 0 saturated carbocycles. The van der Waals surface area contributed by atoms with Crippen molar-refractivity contribution in [2.75, 3.05) is 26.8 Å². The number of hydrogen-bond donors (Lipinski definition) is 2. The van der Waals surface area contributed by atoms with Crippen LogP contribution in [0.3, 0.4) is 0 Å². The molecule has 0 aromatic carbocycles. The van der Waals surface area contributed by atoms with Gasteiger partial charge in [0.05, 0.1) is 23.4 Å². The third-order valence-electron chi connectivity index (χ3n) is 3.81. The Balaban J connectivity index is 2.00. The minimum Gasteiger partial charge on any atom is -0.383 e. The molecule has 2 rings (SSSR count). The quantitative estimate of drug-likeness (QED) is 0.849. The lowest BCUT2D eigenvalue weighted by molar-refractivity contribution is 0.0891. The molecule has 1 aliphatic rings. The molecule has 1 saturated heterocycles. The molecule has 1 fully saturated rings. The molecule has 2 heterocycles. The maximum atomic E-state index is 12.3. The Morgan fingerprint density at radius 2 is 2.30 bits per heavy atom. The smallest absolute Gasteiger partial charge is 0.253 e. The van der Waals surface area contributed by atoms with Crippen LogP contribution in [0.5, 0.6) is 0 Å². The number of aromatic nitrogens is 1. The average Bonchev–Trinajstić information content (AvgIpc) is 2.85. The molecule has 1 atom stereocenters. The minimum atomic E-state index is -0.129. The van der Waals surface area contributed by atoms with Crippen LogP contribution in [0.2, 0.25) is 0 Å². The number of aryl methyl sites for hydroxylation is 2. The third kappa shape index (κ3) is 3.35. The van der Waals surface area contributed by atoms with Gasteiger partial charge in [-0.05, 0) is 45.4 Å². The molecular formula is C15H23N3O2. The van der Waals surface area contributed by atoms with E-state index in [1.807, 2.05) is 26.0 Å². The number of ether oxygens (including phenoxy) is 1. The molecule has 1 unspecified atom stereocenters. The van der Waals surface area contributed by atoms with Gasteiger partial charge in [-0.25, -0.2) is 0 Å². The van der Waals surface area contributed by atoms with Crippen molar-refractivity contribution in [3.05, 3.63) is 29.1 Å². The first-order chi connectivity index (χ1) is 9.56. The summed E-state index contributed by atoms with van der Waals surface area (Å²) >= 11 is 0. The predicted octanol–water partition coefficient (Wildman–Crippen LogP) is 1.20. The summed E-state index contributed by atoms with van der Waals surface area (Å²) in [7, 11) is 1.69. The first kappa shape index (κ1) is 14.9. The summed E-state index contributed by atoms with van der Waals surface area (Å²) in [4.78, 5) is 16.6. The summed E-state index contributed by atoms with van der Waals surface area (Å²) in [5, 5.41) is 6.45. The third-order valence-corrected chi connectivity index (χ3v) is 3.81. The van der Waals surface area contributed by atoms with E-state index in [0.29, 0.717) is 18.7 Å². The van der Waals surface area contributed by atoms with E-state index in [0.717, 1.165) is 30.8 Å². The van der Waals surface area contributed by atoms with Gasteiger partial charge in [0.2, 0.25) is 0 Å². The highest BCUT2D eigenvalue weighted by Crippen LogP contribution is 2.19. The topological polar surface area (TPSA) is 63.2 Å². The van der Waals surface area contributed by atoms with Crippen LogP contribution in [-0.2, 0) is 4.74 Å². The predicted molar refractivity (Wildman–Crippen MR) is 77.9 cm³/mol. The molecule has 0 radical (unpaired) electrons. The van der Waals surface area contributed by atoms with Crippen LogP contribution in [0, 0.1) is 13.8 Å². The average molecular weight is 277 g/mol. The molecule has 0 bridgehead atoms. The minimum absolute atomic E-state index is 0.0702. The Bertz CT molecular complexity index is 482. The van der Waals surface area contributed by atoms with Crippen LogP contribution < -0.4 is 10.6 Å². The summed E-state index contributed by atoms with van der Waals surface area (Å²) in [6.07, 6.45) is 2.14. The summed E-state index contributed by atoms with van der Waals surface area (Å²) in [6.45, 7) is 5.95. The lowest BCUT2D eigenvalue weighted by Gasteiger charge is -2.29. The Morgan fingerprint density at radius 3 is 2.90 bits per heavy atom. The van der Waals surface area contributed by atoms with Crippen molar-refractivity contribution in [3.8, 4) is 0 Å². The van der Waals surface area contributed by atoms with Gasteiger partial charge in [-0.3, -0.25) is 9.78 Å². The van der Waals surface area contributed by atoms with E-state index in [-0.39, 0.29) is 11.4 Å². The standard InChI is InChI=1S/C15H23N3O2/c1-11-5-6-13(12(2)18-11)14(19)16-9-15(10-20-3)7-4-8-17-15/h5-6,17H,4,7-10H2,1-3H3,(H,16,19). The van der Waals surface area contributed by atoms with Crippen LogP contribution in [0.15, 0.2) is 12.1 Å². The molecule has 110 valence electrons. The number of nitrogens with one attached hydrogen (secondary N) is 2. The Morgan fingerprint density at radius 1 is 1.50 bits per heavy atom. The van der Waals surface area contributed by atoms with Gasteiger partial charge in [-0.15, -0.1) is 0 Å². The lowest BCUT2D eigenvalue weighted by atomic mass is 9.98. The molecule has 5 nitrogen and oxygen atoms in total. The van der Waals surface area contributed by atoms with Gasteiger partial charge in [-0.1, -0.05) is 0 Å². The number of pyridine rings is 1. The van der Waals surface area contributed by atoms with Crippen molar-refractivity contribution < 1.29 is 9.53 Å². The zero-order valence-corrected chi connectivity index (χ0v) is 12.5. The maximum absolute atomic E-state index is 12.3. The van der Waals surface area contributed by atoms with Crippen LogP contribution >= 0.6 is 0 Å². The highest BCUT2D eigenvalue weighted by Gasteiger charge is 2.33. The van der Waals surface area contributed by atoms with Gasteiger partial charge in [0.1, 0.15) is 0 Å². The van der Waals surface area contributed by atoms with Gasteiger partial charge < -0.3 is 15.4 Å². The molecule has 1 aromatic heterocycles. The van der Waals surface area contributed by atoms with Crippen molar-refractivity contribution in [1.82, 2.24) is 15.6 Å². The molecule has 1 aromatic rings. The number of hydrogen-bond acceptors (Lipinski definition) is 4. The van der Waals surface area contributed by atoms with Crippen molar-refractivity contribution in [2.45, 2.75) is 32.2 Å². The number of carbonyl (C=O) groups excluding carboxylic acids is 1. The molecular weight excluding hydrogens is 254 g/mol. The van der Waals surface area contributed by atoms with E-state index in [2.05, 4.69) is 15.6 Å². The summed E-state index contributed by atoms with van der Waals surface area (Å²) in [5.41, 5.74) is 2.20. The highest BCUT2D eigenvalue weighted by molar-refractivity contribution is 5.95. The normalized spacial score (nSPS) is 21.9. The fourth-order valence-corrected chi connectivity index (χ4v) is 2.74. The van der Waals surface area contributed by atoms with E-state index in [1.165, 1.54) is 0 Å². The zero-order chi connectivity index (χ0) is 14.6. The number of rotatable bonds is 5. The Hall–Kier alpha value is -1.46. The second-order valence-corrected chi connectivity index (χ2v) is 5.51. The van der Waals surface area contributed by atoms with Crippen LogP contribution in [0.1, 0.15) is 34.6 Å². The van der Waals surface area contributed by atoms with Gasteiger partial charge in [0, 0.05) is 19.3 Å². The van der Waals surface area contributed by atoms with Crippen LogP contribution in [0.25, 0.3) is 0 Å². The Kier molecular flexibility index (Phi) is 4.73. The van der Waals surface area contributed by atoms with Gasteiger partial charge in [0.15, 0.2) is 0 Å². The second kappa shape index (κ2) is 6.33. The fourth-order valence-electron chi connectivity index (χ4n) is 2.74. The van der Waals surface area contributed by atoms with Crippen molar-refractivity contribution in [2.24, 2.45) is 0 Å². The second-order valence-electron chi connectivity index (χ2n) is 5.51. The fraction of sp³-hybridized carbons (Fsp3) is 0.600. The van der Waals surface area contributed by atoms with E-state index >= 15 is 0 Å². The first-order valence-corrected chi connectivity index (χ1v) is 7.03. The van der Waals surface area contributed by atoms with Crippen LogP contribution in [-0.4, -0.2) is 43.2 Å². The number of methoxy groups -OCH3 is 1. The number of amides is 1. The lowest BCUT2D eigenvalue weighted by Crippen LogP contribution is -2.53. The summed E-state index contributed by atoms with van der Waals surface area (Å²) < 4.78 is 5.28. The summed E-state index contributed by atoms with van der Waals surface area (Å²) in [5.74, 6) is -0.0702. The molecule has 5 heteroatoms. The molecule has 0 aliphatic carbocycles. The monoisotopic (exact) mass is 277 g/mol. The maximum Gasteiger partial charge on any atom is 0.253 e. The SMILES string of the molecule is COCC1(CNC(=O)c2ccc(C)nc2C)CCCN1. The van der Waals surface area contributed by atoms with Gasteiger partial charge >= 0.3 is 0 Å². The number of nitrogens with zero attached hydrogens (tertiary/aromatic N) is 1. The molecule has 0 spiro atoms.